The number of nitrogens with zero attached hydrogens (tertiary/aromatic N) is 5. The second-order valence-electron chi connectivity index (χ2n) is 5.80. The Balaban J connectivity index is 1.53. The molecule has 0 saturated heterocycles. The van der Waals surface area contributed by atoms with E-state index in [1.807, 2.05) is 48.5 Å². The maximum absolute atomic E-state index is 5.30. The van der Waals surface area contributed by atoms with E-state index in [0.717, 1.165) is 27.7 Å². The van der Waals surface area contributed by atoms with Gasteiger partial charge >= 0.3 is 0 Å². The van der Waals surface area contributed by atoms with Crippen LogP contribution in [0.5, 0.6) is 11.5 Å². The average molecular weight is 394 g/mol. The molecule has 0 aliphatic carbocycles. The fourth-order valence-electron chi connectivity index (χ4n) is 2.67. The van der Waals surface area contributed by atoms with Gasteiger partial charge in [0.2, 0.25) is 5.16 Å². The van der Waals surface area contributed by atoms with Gasteiger partial charge in [-0.1, -0.05) is 42.1 Å². The number of thioether (sulfide) groups is 1. The molecule has 1 aromatic heterocycles. The van der Waals surface area contributed by atoms with Gasteiger partial charge in [0.25, 0.3) is 5.95 Å². The molecule has 28 heavy (non-hydrogen) atoms. The SMILES string of the molecule is COc1ccc(/C=N/Nc2nnc3n2N=C(c2ccccc2)CS3)cc1OC. The third-order valence-corrected chi connectivity index (χ3v) is 4.99. The molecule has 1 N–H and O–H groups in total. The summed E-state index contributed by atoms with van der Waals surface area (Å²) in [7, 11) is 3.20. The minimum atomic E-state index is 0.451. The highest BCUT2D eigenvalue weighted by Gasteiger charge is 2.19. The molecule has 0 unspecified atom stereocenters. The molecule has 0 spiro atoms. The van der Waals surface area contributed by atoms with E-state index >= 15 is 0 Å². The van der Waals surface area contributed by atoms with Crippen LogP contribution in [0.25, 0.3) is 0 Å². The molecule has 0 fully saturated rings. The lowest BCUT2D eigenvalue weighted by molar-refractivity contribution is 0.355. The highest BCUT2D eigenvalue weighted by Crippen LogP contribution is 2.27. The number of hydrazone groups is 1. The molecule has 8 nitrogen and oxygen atoms in total. The summed E-state index contributed by atoms with van der Waals surface area (Å²) < 4.78 is 12.2. The van der Waals surface area contributed by atoms with Gasteiger partial charge in [-0.2, -0.15) is 14.9 Å². The maximum atomic E-state index is 5.30. The number of fused-ring (bicyclic) bond motifs is 1. The van der Waals surface area contributed by atoms with Crippen LogP contribution >= 0.6 is 11.8 Å². The fourth-order valence-corrected chi connectivity index (χ4v) is 3.51. The van der Waals surface area contributed by atoms with Gasteiger partial charge < -0.3 is 9.47 Å². The molecule has 0 radical (unpaired) electrons. The molecule has 1 aliphatic rings. The van der Waals surface area contributed by atoms with Crippen molar-refractivity contribution >= 4 is 29.6 Å². The van der Waals surface area contributed by atoms with Crippen molar-refractivity contribution in [3.63, 3.8) is 0 Å². The lowest BCUT2D eigenvalue weighted by Gasteiger charge is -2.13. The Morgan fingerprint density at radius 2 is 1.89 bits per heavy atom. The Hall–Kier alpha value is -3.33. The van der Waals surface area contributed by atoms with Crippen molar-refractivity contribution in [2.24, 2.45) is 10.2 Å². The van der Waals surface area contributed by atoms with Gasteiger partial charge in [-0.15, -0.1) is 10.2 Å². The molecule has 0 saturated carbocycles. The second kappa shape index (κ2) is 8.13. The summed E-state index contributed by atoms with van der Waals surface area (Å²) in [6.07, 6.45) is 1.67. The highest BCUT2D eigenvalue weighted by atomic mass is 32.2. The molecule has 4 rings (SSSR count). The summed E-state index contributed by atoms with van der Waals surface area (Å²) in [5.74, 6) is 2.50. The molecule has 0 bridgehead atoms. The number of ether oxygens (including phenoxy) is 2. The van der Waals surface area contributed by atoms with Crippen molar-refractivity contribution in [3.8, 4) is 11.5 Å². The van der Waals surface area contributed by atoms with Crippen LogP contribution in [0.15, 0.2) is 63.9 Å². The van der Waals surface area contributed by atoms with Crippen LogP contribution in [0.2, 0.25) is 0 Å². The monoisotopic (exact) mass is 394 g/mol. The molecular formula is C19H18N6O2S. The van der Waals surface area contributed by atoms with Gasteiger partial charge in [-0.25, -0.2) is 5.43 Å². The first-order valence-corrected chi connectivity index (χ1v) is 9.49. The number of hydrogen-bond acceptors (Lipinski definition) is 8. The van der Waals surface area contributed by atoms with E-state index in [2.05, 4.69) is 25.8 Å². The van der Waals surface area contributed by atoms with Crippen molar-refractivity contribution in [3.05, 3.63) is 59.7 Å². The second-order valence-corrected chi connectivity index (χ2v) is 6.75. The molecule has 2 heterocycles. The molecule has 0 atom stereocenters. The predicted molar refractivity (Wildman–Crippen MR) is 110 cm³/mol. The normalized spacial score (nSPS) is 13.1. The summed E-state index contributed by atoms with van der Waals surface area (Å²) in [4.78, 5) is 0. The standard InChI is InChI=1S/C19H18N6O2S/c1-26-16-9-8-13(10-17(16)27-2)11-20-21-18-22-23-19-25(18)24-15(12-28-19)14-6-4-3-5-7-14/h3-11H,12H2,1-2H3,(H,21,22)/b20-11+. The molecule has 2 aromatic carbocycles. The van der Waals surface area contributed by atoms with Crippen molar-refractivity contribution < 1.29 is 9.47 Å². The van der Waals surface area contributed by atoms with Gasteiger partial charge in [0.05, 0.1) is 26.1 Å². The molecule has 3 aromatic rings. The molecular weight excluding hydrogens is 376 g/mol. The smallest absolute Gasteiger partial charge is 0.266 e. The molecule has 142 valence electrons. The van der Waals surface area contributed by atoms with E-state index in [4.69, 9.17) is 9.47 Å². The minimum absolute atomic E-state index is 0.451. The van der Waals surface area contributed by atoms with Crippen molar-refractivity contribution in [1.29, 1.82) is 0 Å². The van der Waals surface area contributed by atoms with Crippen LogP contribution in [0.4, 0.5) is 5.95 Å². The van der Waals surface area contributed by atoms with Gasteiger partial charge in [0.15, 0.2) is 11.5 Å². The molecule has 9 heteroatoms. The summed E-state index contributed by atoms with van der Waals surface area (Å²) in [6, 6.07) is 15.6. The lowest BCUT2D eigenvalue weighted by Crippen LogP contribution is -2.14. The van der Waals surface area contributed by atoms with Crippen LogP contribution in [0.1, 0.15) is 11.1 Å². The Labute approximate surface area is 166 Å². The van der Waals surface area contributed by atoms with Gasteiger partial charge in [0.1, 0.15) is 0 Å². The van der Waals surface area contributed by atoms with Crippen LogP contribution in [0.3, 0.4) is 0 Å². The predicted octanol–water partition coefficient (Wildman–Crippen LogP) is 3.10. The number of rotatable bonds is 6. The van der Waals surface area contributed by atoms with E-state index in [-0.39, 0.29) is 0 Å². The quantitative estimate of drug-likeness (QED) is 0.511. The van der Waals surface area contributed by atoms with E-state index in [0.29, 0.717) is 17.4 Å². The first kappa shape index (κ1) is 18.1. The van der Waals surface area contributed by atoms with Crippen LogP contribution in [0, 0.1) is 0 Å². The van der Waals surface area contributed by atoms with Crippen molar-refractivity contribution in [2.75, 3.05) is 25.4 Å². The largest absolute Gasteiger partial charge is 0.493 e. The van der Waals surface area contributed by atoms with Gasteiger partial charge in [0, 0.05) is 5.75 Å². The molecule has 1 aliphatic heterocycles. The Bertz CT molecular complexity index is 1030. The number of aromatic nitrogens is 3. The Morgan fingerprint density at radius 1 is 1.07 bits per heavy atom. The highest BCUT2D eigenvalue weighted by molar-refractivity contribution is 7.99. The number of nitrogens with one attached hydrogen (secondary N) is 1. The first-order valence-electron chi connectivity index (χ1n) is 8.51. The summed E-state index contributed by atoms with van der Waals surface area (Å²) in [6.45, 7) is 0. The first-order chi connectivity index (χ1) is 13.8. The average Bonchev–Trinajstić information content (AvgIpc) is 3.16. The number of hydrogen-bond donors (Lipinski definition) is 1. The Morgan fingerprint density at radius 3 is 2.68 bits per heavy atom. The van der Waals surface area contributed by atoms with E-state index in [1.165, 1.54) is 0 Å². The van der Waals surface area contributed by atoms with Crippen LogP contribution < -0.4 is 14.9 Å². The summed E-state index contributed by atoms with van der Waals surface area (Å²) in [5, 5.41) is 17.9. The van der Waals surface area contributed by atoms with Crippen molar-refractivity contribution in [2.45, 2.75) is 5.16 Å². The molecule has 0 amide bonds. The van der Waals surface area contributed by atoms with Crippen LogP contribution in [-0.4, -0.2) is 46.8 Å². The third-order valence-electron chi connectivity index (χ3n) is 4.06. The maximum Gasteiger partial charge on any atom is 0.266 e. The lowest BCUT2D eigenvalue weighted by atomic mass is 10.1. The number of methoxy groups -OCH3 is 2. The zero-order valence-electron chi connectivity index (χ0n) is 15.4. The van der Waals surface area contributed by atoms with E-state index in [9.17, 15) is 0 Å². The topological polar surface area (TPSA) is 85.9 Å². The van der Waals surface area contributed by atoms with E-state index in [1.54, 1.807) is 36.9 Å². The van der Waals surface area contributed by atoms with Gasteiger partial charge in [-0.3, -0.25) is 0 Å². The zero-order chi connectivity index (χ0) is 19.3. The van der Waals surface area contributed by atoms with Crippen LogP contribution in [-0.2, 0) is 0 Å². The summed E-state index contributed by atoms with van der Waals surface area (Å²) >= 11 is 1.59. The zero-order valence-corrected chi connectivity index (χ0v) is 16.2. The van der Waals surface area contributed by atoms with Crippen molar-refractivity contribution in [1.82, 2.24) is 14.9 Å². The Kier molecular flexibility index (Phi) is 5.24. The van der Waals surface area contributed by atoms with Gasteiger partial charge in [-0.05, 0) is 29.3 Å². The summed E-state index contributed by atoms with van der Waals surface area (Å²) in [5.41, 5.74) is 5.80. The van der Waals surface area contributed by atoms with E-state index < -0.39 is 0 Å². The minimum Gasteiger partial charge on any atom is -0.493 e. The fraction of sp³-hybridized carbons (Fsp3) is 0.158. The number of anilines is 1. The number of benzene rings is 2. The third kappa shape index (κ3) is 3.70.